The first-order chi connectivity index (χ1) is 8.58. The summed E-state index contributed by atoms with van der Waals surface area (Å²) in [6.45, 7) is 1.77. The van der Waals surface area contributed by atoms with Gasteiger partial charge < -0.3 is 21.1 Å². The fourth-order valence-electron chi connectivity index (χ4n) is 1.67. The number of nitrogens with one attached hydrogen (secondary N) is 1. The average Bonchev–Trinajstić information content (AvgIpc) is 3.08. The van der Waals surface area contributed by atoms with E-state index >= 15 is 0 Å². The van der Waals surface area contributed by atoms with Gasteiger partial charge in [-0.1, -0.05) is 0 Å². The van der Waals surface area contributed by atoms with E-state index in [1.54, 1.807) is 5.38 Å². The van der Waals surface area contributed by atoms with Crippen LogP contribution in [0.25, 0.3) is 0 Å². The summed E-state index contributed by atoms with van der Waals surface area (Å²) in [4.78, 5) is 17.2. The number of thiazole rings is 1. The number of likely N-dealkylation sites (N-methyl/N-ethyl adjacent to an activating group) is 1. The molecule has 1 atom stereocenters. The van der Waals surface area contributed by atoms with E-state index in [0.717, 1.165) is 24.3 Å². The van der Waals surface area contributed by atoms with Crippen LogP contribution < -0.4 is 11.1 Å². The molecular formula is C11H18N4O2S. The van der Waals surface area contributed by atoms with E-state index in [2.05, 4.69) is 22.2 Å². The van der Waals surface area contributed by atoms with Crippen molar-refractivity contribution in [3.05, 3.63) is 11.1 Å². The Bertz CT molecular complexity index is 419. The van der Waals surface area contributed by atoms with Gasteiger partial charge in [0.1, 0.15) is 6.04 Å². The first kappa shape index (κ1) is 13.3. The third-order valence-corrected chi connectivity index (χ3v) is 3.84. The van der Waals surface area contributed by atoms with Crippen molar-refractivity contribution in [2.45, 2.75) is 24.9 Å². The summed E-state index contributed by atoms with van der Waals surface area (Å²) in [5.41, 5.74) is 5.89. The molecule has 1 aromatic heterocycles. The van der Waals surface area contributed by atoms with Crippen LogP contribution >= 0.6 is 11.3 Å². The van der Waals surface area contributed by atoms with Crippen molar-refractivity contribution in [1.29, 1.82) is 0 Å². The number of rotatable bonds is 7. The number of carboxylic acids is 1. The van der Waals surface area contributed by atoms with Crippen molar-refractivity contribution in [3.63, 3.8) is 0 Å². The number of nitrogens with zero attached hydrogens (tertiary/aromatic N) is 2. The zero-order valence-corrected chi connectivity index (χ0v) is 11.1. The van der Waals surface area contributed by atoms with Crippen LogP contribution in [0.3, 0.4) is 0 Å². The lowest BCUT2D eigenvalue weighted by molar-refractivity contribution is -0.138. The summed E-state index contributed by atoms with van der Waals surface area (Å²) in [5, 5.41) is 14.4. The third-order valence-electron chi connectivity index (χ3n) is 3.02. The smallest absolute Gasteiger partial charge is 0.326 e. The molecule has 1 aliphatic carbocycles. The number of hydrogen-bond donors (Lipinski definition) is 3. The van der Waals surface area contributed by atoms with Crippen LogP contribution in [0.4, 0.5) is 5.13 Å². The summed E-state index contributed by atoms with van der Waals surface area (Å²) in [5.74, 6) is -1.06. The van der Waals surface area contributed by atoms with E-state index in [-0.39, 0.29) is 0 Å². The van der Waals surface area contributed by atoms with Gasteiger partial charge in [-0.25, -0.2) is 4.98 Å². The van der Waals surface area contributed by atoms with E-state index in [1.165, 1.54) is 24.2 Å². The number of hydrogen-bond acceptors (Lipinski definition) is 6. The second-order valence-electron chi connectivity index (χ2n) is 4.53. The zero-order valence-electron chi connectivity index (χ0n) is 10.3. The van der Waals surface area contributed by atoms with E-state index in [0.29, 0.717) is 5.69 Å². The maximum absolute atomic E-state index is 10.7. The number of aliphatic carboxylic acids is 1. The Kier molecular flexibility index (Phi) is 4.15. The molecule has 2 rings (SSSR count). The summed E-state index contributed by atoms with van der Waals surface area (Å²) in [7, 11) is 2.12. The van der Waals surface area contributed by atoms with Crippen LogP contribution in [0.15, 0.2) is 5.38 Å². The first-order valence-electron chi connectivity index (χ1n) is 5.96. The molecule has 0 aromatic carbocycles. The molecule has 0 saturated heterocycles. The topological polar surface area (TPSA) is 91.5 Å². The number of anilines is 1. The SMILES string of the molecule is CN(CCNc1nc(C(N)C(=O)O)cs1)C1CC1. The van der Waals surface area contributed by atoms with E-state index in [4.69, 9.17) is 10.8 Å². The van der Waals surface area contributed by atoms with Gasteiger partial charge in [-0.3, -0.25) is 4.79 Å². The van der Waals surface area contributed by atoms with Crippen LogP contribution in [0.2, 0.25) is 0 Å². The molecule has 1 fully saturated rings. The molecule has 100 valence electrons. The molecule has 4 N–H and O–H groups in total. The molecular weight excluding hydrogens is 252 g/mol. The number of nitrogens with two attached hydrogens (primary N) is 1. The molecule has 1 heterocycles. The molecule has 1 aliphatic rings. The van der Waals surface area contributed by atoms with Gasteiger partial charge in [0.15, 0.2) is 5.13 Å². The molecule has 1 unspecified atom stereocenters. The first-order valence-corrected chi connectivity index (χ1v) is 6.84. The minimum absolute atomic E-state index is 0.408. The number of carboxylic acid groups (broad SMARTS) is 1. The predicted octanol–water partition coefficient (Wildman–Crippen LogP) is 0.734. The van der Waals surface area contributed by atoms with Crippen molar-refractivity contribution in [1.82, 2.24) is 9.88 Å². The Labute approximate surface area is 110 Å². The summed E-state index contributed by atoms with van der Waals surface area (Å²) in [6.07, 6.45) is 2.59. The lowest BCUT2D eigenvalue weighted by Crippen LogP contribution is -2.27. The van der Waals surface area contributed by atoms with Gasteiger partial charge in [0.2, 0.25) is 0 Å². The molecule has 18 heavy (non-hydrogen) atoms. The largest absolute Gasteiger partial charge is 0.480 e. The summed E-state index contributed by atoms with van der Waals surface area (Å²) in [6, 6.07) is -0.287. The zero-order chi connectivity index (χ0) is 13.1. The molecule has 6 nitrogen and oxygen atoms in total. The molecule has 0 spiro atoms. The minimum Gasteiger partial charge on any atom is -0.480 e. The van der Waals surface area contributed by atoms with Gasteiger partial charge in [0.25, 0.3) is 0 Å². The van der Waals surface area contributed by atoms with E-state index < -0.39 is 12.0 Å². The number of carbonyl (C=O) groups is 1. The van der Waals surface area contributed by atoms with Gasteiger partial charge in [-0.15, -0.1) is 11.3 Å². The molecule has 0 radical (unpaired) electrons. The fraction of sp³-hybridized carbons (Fsp3) is 0.636. The Balaban J connectivity index is 1.77. The molecule has 1 aromatic rings. The highest BCUT2D eigenvalue weighted by Gasteiger charge is 2.25. The van der Waals surface area contributed by atoms with E-state index in [1.807, 2.05) is 0 Å². The van der Waals surface area contributed by atoms with Gasteiger partial charge >= 0.3 is 5.97 Å². The number of aromatic nitrogens is 1. The Morgan fingerprint density at radius 3 is 3.11 bits per heavy atom. The molecule has 0 aliphatic heterocycles. The highest BCUT2D eigenvalue weighted by molar-refractivity contribution is 7.13. The normalized spacial score (nSPS) is 16.8. The highest BCUT2D eigenvalue weighted by atomic mass is 32.1. The monoisotopic (exact) mass is 270 g/mol. The Hall–Kier alpha value is -1.18. The molecule has 0 amide bonds. The van der Waals surface area contributed by atoms with Crippen molar-refractivity contribution < 1.29 is 9.90 Å². The summed E-state index contributed by atoms with van der Waals surface area (Å²) < 4.78 is 0. The Morgan fingerprint density at radius 1 is 1.78 bits per heavy atom. The lowest BCUT2D eigenvalue weighted by Gasteiger charge is -2.15. The third kappa shape index (κ3) is 3.41. The van der Waals surface area contributed by atoms with Crippen molar-refractivity contribution in [2.24, 2.45) is 5.73 Å². The van der Waals surface area contributed by atoms with Gasteiger partial charge in [0.05, 0.1) is 5.69 Å². The molecule has 1 saturated carbocycles. The van der Waals surface area contributed by atoms with Crippen LogP contribution in [0.1, 0.15) is 24.6 Å². The van der Waals surface area contributed by atoms with Crippen LogP contribution in [-0.4, -0.2) is 47.1 Å². The molecule has 7 heteroatoms. The highest BCUT2D eigenvalue weighted by Crippen LogP contribution is 2.25. The summed E-state index contributed by atoms with van der Waals surface area (Å²) >= 11 is 1.39. The molecule has 0 bridgehead atoms. The van der Waals surface area contributed by atoms with Gasteiger partial charge in [0, 0.05) is 24.5 Å². The van der Waals surface area contributed by atoms with Crippen LogP contribution in [-0.2, 0) is 4.79 Å². The van der Waals surface area contributed by atoms with Gasteiger partial charge in [-0.05, 0) is 19.9 Å². The van der Waals surface area contributed by atoms with Gasteiger partial charge in [-0.2, -0.15) is 0 Å². The quantitative estimate of drug-likeness (QED) is 0.676. The minimum atomic E-state index is -1.06. The maximum Gasteiger partial charge on any atom is 0.326 e. The lowest BCUT2D eigenvalue weighted by atomic mass is 10.2. The van der Waals surface area contributed by atoms with Crippen molar-refractivity contribution in [3.8, 4) is 0 Å². The Morgan fingerprint density at radius 2 is 2.50 bits per heavy atom. The fourth-order valence-corrected chi connectivity index (χ4v) is 2.45. The van der Waals surface area contributed by atoms with Crippen molar-refractivity contribution >= 4 is 22.4 Å². The van der Waals surface area contributed by atoms with Crippen LogP contribution in [0.5, 0.6) is 0 Å². The van der Waals surface area contributed by atoms with Crippen LogP contribution in [0, 0.1) is 0 Å². The average molecular weight is 270 g/mol. The second kappa shape index (κ2) is 5.64. The predicted molar refractivity (Wildman–Crippen MR) is 70.8 cm³/mol. The standard InChI is InChI=1S/C11H18N4O2S/c1-15(7-2-3-7)5-4-13-11-14-8(6-18-11)9(12)10(16)17/h6-7,9H,2-5,12H2,1H3,(H,13,14)(H,16,17). The van der Waals surface area contributed by atoms with E-state index in [9.17, 15) is 4.79 Å². The second-order valence-corrected chi connectivity index (χ2v) is 5.39. The maximum atomic E-state index is 10.7. The van der Waals surface area contributed by atoms with Crippen molar-refractivity contribution in [2.75, 3.05) is 25.5 Å².